The summed E-state index contributed by atoms with van der Waals surface area (Å²) in [7, 11) is 0. The largest absolute Gasteiger partial charge is 0.372 e. The number of hydrogen-bond acceptors (Lipinski definition) is 5. The van der Waals surface area contributed by atoms with Gasteiger partial charge in [-0.1, -0.05) is 6.07 Å². The summed E-state index contributed by atoms with van der Waals surface area (Å²) in [5, 5.41) is 9.14. The van der Waals surface area contributed by atoms with Crippen LogP contribution in [0, 0.1) is 5.92 Å². The van der Waals surface area contributed by atoms with Gasteiger partial charge in [0.1, 0.15) is 0 Å². The maximum absolute atomic E-state index is 12.9. The Balaban J connectivity index is 1.34. The lowest BCUT2D eigenvalue weighted by Gasteiger charge is -2.39. The molecule has 0 saturated carbocycles. The van der Waals surface area contributed by atoms with Crippen LogP contribution in [-0.4, -0.2) is 70.2 Å². The number of aromatic amines is 1. The highest BCUT2D eigenvalue weighted by Crippen LogP contribution is 2.25. The molecule has 2 aliphatic rings. The lowest BCUT2D eigenvalue weighted by molar-refractivity contribution is -0.148. The van der Waals surface area contributed by atoms with Gasteiger partial charge in [-0.2, -0.15) is 5.10 Å². The Kier molecular flexibility index (Phi) is 5.50. The molecule has 4 rings (SSSR count). The molecular formula is C20H26N4O3S. The van der Waals surface area contributed by atoms with Crippen molar-refractivity contribution in [3.63, 3.8) is 0 Å². The number of ether oxygens (including phenoxy) is 1. The minimum absolute atomic E-state index is 0.0117. The van der Waals surface area contributed by atoms with Crippen molar-refractivity contribution < 1.29 is 14.3 Å². The van der Waals surface area contributed by atoms with E-state index in [9.17, 15) is 9.59 Å². The van der Waals surface area contributed by atoms with E-state index in [-0.39, 0.29) is 29.9 Å². The smallest absolute Gasteiger partial charge is 0.274 e. The van der Waals surface area contributed by atoms with Gasteiger partial charge in [0.25, 0.3) is 5.91 Å². The van der Waals surface area contributed by atoms with Crippen molar-refractivity contribution in [2.75, 3.05) is 26.2 Å². The Labute approximate surface area is 168 Å². The van der Waals surface area contributed by atoms with Crippen LogP contribution < -0.4 is 0 Å². The molecule has 0 radical (unpaired) electrons. The first-order valence-electron chi connectivity index (χ1n) is 9.84. The number of rotatable bonds is 3. The molecule has 8 heteroatoms. The molecule has 0 bridgehead atoms. The van der Waals surface area contributed by atoms with Gasteiger partial charge in [-0.25, -0.2) is 0 Å². The molecule has 150 valence electrons. The number of piperidine rings is 1. The topological polar surface area (TPSA) is 78.5 Å². The fraction of sp³-hybridized carbons (Fsp3) is 0.550. The van der Waals surface area contributed by atoms with Crippen LogP contribution in [0.4, 0.5) is 0 Å². The molecule has 7 nitrogen and oxygen atoms in total. The third-order valence-electron chi connectivity index (χ3n) is 5.45. The third-order valence-corrected chi connectivity index (χ3v) is 6.35. The molecule has 28 heavy (non-hydrogen) atoms. The van der Waals surface area contributed by atoms with Crippen LogP contribution in [0.1, 0.15) is 37.2 Å². The molecule has 0 spiro atoms. The summed E-state index contributed by atoms with van der Waals surface area (Å²) in [6, 6.07) is 5.78. The van der Waals surface area contributed by atoms with E-state index >= 15 is 0 Å². The number of amides is 2. The molecule has 2 unspecified atom stereocenters. The van der Waals surface area contributed by atoms with Gasteiger partial charge in [0.05, 0.1) is 22.8 Å². The number of H-pyrrole nitrogens is 1. The number of likely N-dealkylation sites (tertiary alicyclic amines) is 1. The number of aromatic nitrogens is 2. The van der Waals surface area contributed by atoms with Crippen molar-refractivity contribution in [1.29, 1.82) is 0 Å². The summed E-state index contributed by atoms with van der Waals surface area (Å²) in [4.78, 5) is 30.5. The highest BCUT2D eigenvalue weighted by Gasteiger charge is 2.34. The number of hydrogen-bond donors (Lipinski definition) is 1. The number of nitrogens with zero attached hydrogens (tertiary/aromatic N) is 3. The summed E-state index contributed by atoms with van der Waals surface area (Å²) in [5.74, 6) is 0.120. The van der Waals surface area contributed by atoms with Crippen LogP contribution in [0.2, 0.25) is 0 Å². The second-order valence-corrected chi connectivity index (χ2v) is 8.66. The van der Waals surface area contributed by atoms with Gasteiger partial charge in [0, 0.05) is 32.1 Å². The molecule has 4 heterocycles. The van der Waals surface area contributed by atoms with Gasteiger partial charge < -0.3 is 14.5 Å². The monoisotopic (exact) mass is 402 g/mol. The molecule has 2 saturated heterocycles. The summed E-state index contributed by atoms with van der Waals surface area (Å²) in [6.07, 6.45) is 1.55. The highest BCUT2D eigenvalue weighted by atomic mass is 32.1. The van der Waals surface area contributed by atoms with Crippen molar-refractivity contribution in [2.24, 2.45) is 5.92 Å². The Bertz CT molecular complexity index is 816. The lowest BCUT2D eigenvalue weighted by atomic mass is 9.94. The van der Waals surface area contributed by atoms with E-state index in [1.54, 1.807) is 11.3 Å². The van der Waals surface area contributed by atoms with Crippen molar-refractivity contribution in [1.82, 2.24) is 20.0 Å². The molecule has 2 amide bonds. The van der Waals surface area contributed by atoms with E-state index in [1.807, 2.05) is 47.2 Å². The second-order valence-electron chi connectivity index (χ2n) is 7.71. The lowest BCUT2D eigenvalue weighted by Crippen LogP contribution is -2.51. The molecule has 0 aliphatic carbocycles. The van der Waals surface area contributed by atoms with Crippen LogP contribution in [0.3, 0.4) is 0 Å². The van der Waals surface area contributed by atoms with E-state index in [2.05, 4.69) is 10.2 Å². The molecule has 0 aromatic carbocycles. The number of carbonyl (C=O) groups is 2. The van der Waals surface area contributed by atoms with Crippen LogP contribution in [0.5, 0.6) is 0 Å². The van der Waals surface area contributed by atoms with Crippen LogP contribution in [0.15, 0.2) is 23.6 Å². The molecular weight excluding hydrogens is 376 g/mol. The summed E-state index contributed by atoms with van der Waals surface area (Å²) in [6.45, 7) is 6.50. The standard InChI is InChI=1S/C20H26N4O3S/c1-13-11-24(12-14(2)27-13)19(25)15-5-7-23(8-6-15)20(26)17-10-16(21-22-17)18-4-3-9-28-18/h3-4,9-10,13-15H,5-8,11-12H2,1-2H3,(H,21,22). The third kappa shape index (κ3) is 3.98. The average Bonchev–Trinajstić information content (AvgIpc) is 3.38. The SMILES string of the molecule is CC1CN(C(=O)C2CCN(C(=O)c3cc(-c4cccs4)[nH]n3)CC2)CC(C)O1. The molecule has 2 fully saturated rings. The van der Waals surface area contributed by atoms with Gasteiger partial charge in [0.2, 0.25) is 5.91 Å². The number of nitrogens with one attached hydrogen (secondary N) is 1. The highest BCUT2D eigenvalue weighted by molar-refractivity contribution is 7.13. The van der Waals surface area contributed by atoms with Crippen LogP contribution in [0.25, 0.3) is 10.6 Å². The Hall–Kier alpha value is -2.19. The zero-order valence-corrected chi connectivity index (χ0v) is 17.1. The Morgan fingerprint density at radius 2 is 1.89 bits per heavy atom. The molecule has 2 atom stereocenters. The Morgan fingerprint density at radius 3 is 2.54 bits per heavy atom. The van der Waals surface area contributed by atoms with Gasteiger partial charge in [-0.15, -0.1) is 11.3 Å². The van der Waals surface area contributed by atoms with E-state index in [0.29, 0.717) is 44.7 Å². The predicted octanol–water partition coefficient (Wildman–Crippen LogP) is 2.63. The van der Waals surface area contributed by atoms with E-state index < -0.39 is 0 Å². The fourth-order valence-corrected chi connectivity index (χ4v) is 4.79. The molecule has 1 N–H and O–H groups in total. The maximum atomic E-state index is 12.9. The van der Waals surface area contributed by atoms with Gasteiger partial charge in [-0.3, -0.25) is 14.7 Å². The quantitative estimate of drug-likeness (QED) is 0.856. The first-order chi connectivity index (χ1) is 13.5. The summed E-state index contributed by atoms with van der Waals surface area (Å²) >= 11 is 1.61. The molecule has 2 aromatic heterocycles. The first kappa shape index (κ1) is 19.1. The molecule has 2 aromatic rings. The van der Waals surface area contributed by atoms with Crippen molar-refractivity contribution in [3.8, 4) is 10.6 Å². The van der Waals surface area contributed by atoms with Crippen LogP contribution in [-0.2, 0) is 9.53 Å². The van der Waals surface area contributed by atoms with Crippen molar-refractivity contribution in [3.05, 3.63) is 29.3 Å². The minimum atomic E-state index is -0.0708. The second kappa shape index (κ2) is 8.05. The zero-order chi connectivity index (χ0) is 19.7. The summed E-state index contributed by atoms with van der Waals surface area (Å²) in [5.41, 5.74) is 1.29. The molecule has 2 aliphatic heterocycles. The minimum Gasteiger partial charge on any atom is -0.372 e. The van der Waals surface area contributed by atoms with Gasteiger partial charge in [0.15, 0.2) is 5.69 Å². The predicted molar refractivity (Wildman–Crippen MR) is 107 cm³/mol. The maximum Gasteiger partial charge on any atom is 0.274 e. The zero-order valence-electron chi connectivity index (χ0n) is 16.3. The van der Waals surface area contributed by atoms with Gasteiger partial charge in [-0.05, 0) is 44.2 Å². The summed E-state index contributed by atoms with van der Waals surface area (Å²) < 4.78 is 5.72. The number of carbonyl (C=O) groups excluding carboxylic acids is 2. The van der Waals surface area contributed by atoms with Crippen molar-refractivity contribution >= 4 is 23.2 Å². The number of thiophene rings is 1. The van der Waals surface area contributed by atoms with Gasteiger partial charge >= 0.3 is 0 Å². The van der Waals surface area contributed by atoms with E-state index in [4.69, 9.17) is 4.74 Å². The van der Waals surface area contributed by atoms with E-state index in [0.717, 1.165) is 10.6 Å². The average molecular weight is 403 g/mol. The fourth-order valence-electron chi connectivity index (χ4n) is 4.10. The van der Waals surface area contributed by atoms with E-state index in [1.165, 1.54) is 0 Å². The van der Waals surface area contributed by atoms with Crippen LogP contribution >= 0.6 is 11.3 Å². The normalized spacial score (nSPS) is 23.8. The first-order valence-corrected chi connectivity index (χ1v) is 10.7. The Morgan fingerprint density at radius 1 is 1.18 bits per heavy atom. The van der Waals surface area contributed by atoms with Crippen molar-refractivity contribution in [2.45, 2.75) is 38.9 Å². The number of morpholine rings is 1.